The molecule has 2 N–H and O–H groups in total. The van der Waals surface area contributed by atoms with E-state index in [0.717, 1.165) is 25.9 Å². The lowest BCUT2D eigenvalue weighted by Gasteiger charge is -2.29. The van der Waals surface area contributed by atoms with Crippen molar-refractivity contribution in [2.45, 2.75) is 32.7 Å². The molecule has 1 saturated heterocycles. The molecule has 6 heteroatoms. The fourth-order valence-electron chi connectivity index (χ4n) is 2.28. The molecule has 1 heterocycles. The van der Waals surface area contributed by atoms with Gasteiger partial charge in [-0.2, -0.15) is 4.31 Å². The van der Waals surface area contributed by atoms with Crippen LogP contribution < -0.4 is 5.32 Å². The Kier molecular flexibility index (Phi) is 5.85. The van der Waals surface area contributed by atoms with Crippen LogP contribution in [0.15, 0.2) is 0 Å². The highest BCUT2D eigenvalue weighted by Crippen LogP contribution is 2.16. The van der Waals surface area contributed by atoms with E-state index in [2.05, 4.69) is 5.32 Å². The third kappa shape index (κ3) is 4.54. The van der Waals surface area contributed by atoms with Gasteiger partial charge in [-0.25, -0.2) is 8.42 Å². The van der Waals surface area contributed by atoms with E-state index in [-0.39, 0.29) is 30.9 Å². The maximum Gasteiger partial charge on any atom is 0.214 e. The third-order valence-electron chi connectivity index (χ3n) is 3.10. The van der Waals surface area contributed by atoms with Gasteiger partial charge in [0.05, 0.1) is 12.4 Å². The van der Waals surface area contributed by atoms with Crippen LogP contribution >= 0.6 is 0 Å². The van der Waals surface area contributed by atoms with Crippen molar-refractivity contribution >= 4 is 10.0 Å². The molecule has 17 heavy (non-hydrogen) atoms. The highest BCUT2D eigenvalue weighted by atomic mass is 32.2. The smallest absolute Gasteiger partial charge is 0.214 e. The van der Waals surface area contributed by atoms with Gasteiger partial charge in [-0.1, -0.05) is 0 Å². The molecule has 1 rings (SSSR count). The number of hydrogen-bond acceptors (Lipinski definition) is 4. The number of aliphatic hydroxyl groups is 1. The molecule has 5 nitrogen and oxygen atoms in total. The largest absolute Gasteiger partial charge is 0.395 e. The number of nitrogens with one attached hydrogen (secondary N) is 1. The monoisotopic (exact) mass is 264 g/mol. The van der Waals surface area contributed by atoms with E-state index < -0.39 is 10.0 Å². The van der Waals surface area contributed by atoms with Crippen molar-refractivity contribution in [1.82, 2.24) is 9.62 Å². The summed E-state index contributed by atoms with van der Waals surface area (Å²) < 4.78 is 25.8. The Bertz CT molecular complexity index is 311. The Morgan fingerprint density at radius 1 is 1.47 bits per heavy atom. The average Bonchev–Trinajstić information content (AvgIpc) is 2.26. The molecule has 0 aromatic heterocycles. The molecule has 0 spiro atoms. The zero-order valence-corrected chi connectivity index (χ0v) is 11.5. The van der Waals surface area contributed by atoms with E-state index in [9.17, 15) is 8.42 Å². The molecule has 0 aromatic carbocycles. The Hall–Kier alpha value is -0.170. The van der Waals surface area contributed by atoms with Crippen molar-refractivity contribution in [3.05, 3.63) is 0 Å². The zero-order valence-electron chi connectivity index (χ0n) is 10.7. The van der Waals surface area contributed by atoms with Crippen LogP contribution in [0.4, 0.5) is 0 Å². The van der Waals surface area contributed by atoms with E-state index >= 15 is 0 Å². The lowest BCUT2D eigenvalue weighted by atomic mass is 10.0. The molecule has 0 saturated carbocycles. The summed E-state index contributed by atoms with van der Waals surface area (Å²) in [5.74, 6) is 0.395. The second kappa shape index (κ2) is 6.68. The first-order valence-corrected chi connectivity index (χ1v) is 7.89. The fraction of sp³-hybridized carbons (Fsp3) is 1.00. The van der Waals surface area contributed by atoms with Crippen molar-refractivity contribution in [3.63, 3.8) is 0 Å². The maximum absolute atomic E-state index is 12.2. The van der Waals surface area contributed by atoms with Crippen molar-refractivity contribution in [1.29, 1.82) is 0 Å². The molecule has 102 valence electrons. The topological polar surface area (TPSA) is 69.6 Å². The van der Waals surface area contributed by atoms with E-state index in [0.29, 0.717) is 0 Å². The highest BCUT2D eigenvalue weighted by Gasteiger charge is 2.28. The predicted octanol–water partition coefficient (Wildman–Crippen LogP) is 0.0185. The van der Waals surface area contributed by atoms with Crippen LogP contribution in [0.5, 0.6) is 0 Å². The molecular formula is C11H24N2O3S. The molecule has 0 bridgehead atoms. The van der Waals surface area contributed by atoms with Crippen molar-refractivity contribution in [2.24, 2.45) is 5.92 Å². The minimum Gasteiger partial charge on any atom is -0.395 e. The van der Waals surface area contributed by atoms with Crippen molar-refractivity contribution in [3.8, 4) is 0 Å². The first kappa shape index (κ1) is 14.9. The van der Waals surface area contributed by atoms with Crippen molar-refractivity contribution in [2.75, 3.05) is 32.0 Å². The maximum atomic E-state index is 12.2. The van der Waals surface area contributed by atoms with Gasteiger partial charge in [-0.3, -0.25) is 0 Å². The summed E-state index contributed by atoms with van der Waals surface area (Å²) in [5, 5.41) is 12.2. The Morgan fingerprint density at radius 3 is 2.65 bits per heavy atom. The van der Waals surface area contributed by atoms with Gasteiger partial charge in [-0.15, -0.1) is 0 Å². The fourth-order valence-corrected chi connectivity index (χ4v) is 4.35. The zero-order chi connectivity index (χ0) is 12.9. The number of aliphatic hydroxyl groups excluding tert-OH is 1. The summed E-state index contributed by atoms with van der Waals surface area (Å²) in [6.45, 7) is 5.52. The molecular weight excluding hydrogens is 240 g/mol. The van der Waals surface area contributed by atoms with Crippen molar-refractivity contribution < 1.29 is 13.5 Å². The lowest BCUT2D eigenvalue weighted by molar-refractivity contribution is 0.235. The summed E-state index contributed by atoms with van der Waals surface area (Å²) in [4.78, 5) is 0. The van der Waals surface area contributed by atoms with Crippen LogP contribution in [0.3, 0.4) is 0 Å². The van der Waals surface area contributed by atoms with Crippen LogP contribution in [0, 0.1) is 5.92 Å². The standard InChI is InChI=1S/C11H24N2O3S/c1-10(2)13(6-7-14)17(15,16)9-11-4-3-5-12-8-11/h10-12,14H,3-9H2,1-2H3. The van der Waals surface area contributed by atoms with Crippen LogP contribution in [0.1, 0.15) is 26.7 Å². The Balaban J connectivity index is 2.63. The minimum absolute atomic E-state index is 0.0938. The SMILES string of the molecule is CC(C)N(CCO)S(=O)(=O)CC1CCCNC1. The summed E-state index contributed by atoms with van der Waals surface area (Å²) in [6.07, 6.45) is 2.01. The molecule has 0 amide bonds. The second-order valence-electron chi connectivity index (χ2n) is 4.92. The quantitative estimate of drug-likeness (QED) is 0.709. The van der Waals surface area contributed by atoms with E-state index in [1.165, 1.54) is 4.31 Å². The number of sulfonamides is 1. The molecule has 0 aromatic rings. The number of nitrogens with zero attached hydrogens (tertiary/aromatic N) is 1. The van der Waals surface area contributed by atoms with Crippen LogP contribution in [0.25, 0.3) is 0 Å². The van der Waals surface area contributed by atoms with Crippen LogP contribution in [-0.2, 0) is 10.0 Å². The summed E-state index contributed by atoms with van der Waals surface area (Å²) >= 11 is 0. The van der Waals surface area contributed by atoms with E-state index in [1.807, 2.05) is 13.8 Å². The number of rotatable bonds is 6. The van der Waals surface area contributed by atoms with E-state index in [4.69, 9.17) is 5.11 Å². The average molecular weight is 264 g/mol. The summed E-state index contributed by atoms with van der Waals surface area (Å²) in [5.41, 5.74) is 0. The van der Waals surface area contributed by atoms with Gasteiger partial charge in [-0.05, 0) is 45.7 Å². The minimum atomic E-state index is -3.25. The van der Waals surface area contributed by atoms with Crippen LogP contribution in [-0.4, -0.2) is 55.9 Å². The summed E-state index contributed by atoms with van der Waals surface area (Å²) in [7, 11) is -3.25. The lowest BCUT2D eigenvalue weighted by Crippen LogP contribution is -2.44. The predicted molar refractivity (Wildman–Crippen MR) is 68.3 cm³/mol. The highest BCUT2D eigenvalue weighted by molar-refractivity contribution is 7.89. The molecule has 1 aliphatic rings. The van der Waals surface area contributed by atoms with Gasteiger partial charge in [0.25, 0.3) is 0 Å². The molecule has 1 unspecified atom stereocenters. The van der Waals surface area contributed by atoms with Gasteiger partial charge >= 0.3 is 0 Å². The molecule has 1 aliphatic heterocycles. The summed E-state index contributed by atoms with van der Waals surface area (Å²) in [6, 6.07) is -0.0938. The second-order valence-corrected chi connectivity index (χ2v) is 6.89. The molecule has 1 fully saturated rings. The first-order valence-electron chi connectivity index (χ1n) is 6.28. The van der Waals surface area contributed by atoms with Gasteiger partial charge < -0.3 is 10.4 Å². The van der Waals surface area contributed by atoms with Gasteiger partial charge in [0.15, 0.2) is 0 Å². The van der Waals surface area contributed by atoms with E-state index in [1.54, 1.807) is 0 Å². The third-order valence-corrected chi connectivity index (χ3v) is 5.31. The normalized spacial score (nSPS) is 22.3. The van der Waals surface area contributed by atoms with Gasteiger partial charge in [0, 0.05) is 12.6 Å². The molecule has 1 atom stereocenters. The first-order chi connectivity index (χ1) is 7.97. The Labute approximate surface area is 104 Å². The number of hydrogen-bond donors (Lipinski definition) is 2. The Morgan fingerprint density at radius 2 is 2.18 bits per heavy atom. The van der Waals surface area contributed by atoms with Gasteiger partial charge in [0.2, 0.25) is 10.0 Å². The number of piperidine rings is 1. The molecule has 0 aliphatic carbocycles. The van der Waals surface area contributed by atoms with Crippen LogP contribution in [0.2, 0.25) is 0 Å². The molecule has 0 radical (unpaired) electrons. The van der Waals surface area contributed by atoms with Gasteiger partial charge in [0.1, 0.15) is 0 Å².